The van der Waals surface area contributed by atoms with Crippen LogP contribution in [0.1, 0.15) is 0 Å². The Morgan fingerprint density at radius 2 is 1.85 bits per heavy atom. The molecule has 0 aliphatic carbocycles. The van der Waals surface area contributed by atoms with Gasteiger partial charge in [0.15, 0.2) is 0 Å². The largest absolute Gasteiger partial charge is 0.366 e. The van der Waals surface area contributed by atoms with E-state index in [0.717, 1.165) is 0 Å². The van der Waals surface area contributed by atoms with E-state index >= 15 is 0 Å². The Balaban J connectivity index is 1.91. The number of anilines is 1. The number of piperazine rings is 1. The molecule has 5 nitrogen and oxygen atoms in total. The van der Waals surface area contributed by atoms with Crippen LogP contribution in [0.4, 0.5) is 14.9 Å². The molecule has 0 saturated carbocycles. The van der Waals surface area contributed by atoms with Gasteiger partial charge in [0.2, 0.25) is 5.91 Å². The minimum absolute atomic E-state index is 0.249. The predicted octanol–water partition coefficient (Wildman–Crippen LogP) is 1.42. The van der Waals surface area contributed by atoms with Crippen LogP contribution in [0.15, 0.2) is 24.3 Å². The van der Waals surface area contributed by atoms with E-state index in [4.69, 9.17) is 11.6 Å². The van der Waals surface area contributed by atoms with Crippen LogP contribution in [-0.4, -0.2) is 48.9 Å². The normalized spacial score (nSPS) is 15.1. The molecule has 2 rings (SSSR count). The molecule has 7 heteroatoms. The van der Waals surface area contributed by atoms with Crippen molar-refractivity contribution in [3.05, 3.63) is 30.1 Å². The highest BCUT2D eigenvalue weighted by Crippen LogP contribution is 2.20. The Kier molecular flexibility index (Phi) is 4.79. The summed E-state index contributed by atoms with van der Waals surface area (Å²) in [6, 6.07) is 6.08. The number of halogens is 2. The SMILES string of the molecule is O=C(CCl)NC(=O)N1CCN(c2ccccc2F)CC1. The summed E-state index contributed by atoms with van der Waals surface area (Å²) in [4.78, 5) is 26.2. The molecule has 0 radical (unpaired) electrons. The fourth-order valence-corrected chi connectivity index (χ4v) is 2.16. The van der Waals surface area contributed by atoms with Crippen LogP contribution < -0.4 is 10.2 Å². The summed E-state index contributed by atoms with van der Waals surface area (Å²) in [7, 11) is 0. The van der Waals surface area contributed by atoms with Crippen LogP contribution in [0.25, 0.3) is 0 Å². The highest BCUT2D eigenvalue weighted by molar-refractivity contribution is 6.28. The Morgan fingerprint density at radius 3 is 2.45 bits per heavy atom. The summed E-state index contributed by atoms with van der Waals surface area (Å²) in [6.45, 7) is 1.89. The number of alkyl halides is 1. The second kappa shape index (κ2) is 6.56. The van der Waals surface area contributed by atoms with Gasteiger partial charge in [0, 0.05) is 26.2 Å². The molecule has 1 aliphatic rings. The van der Waals surface area contributed by atoms with Crippen LogP contribution in [0, 0.1) is 5.82 Å². The molecule has 3 amide bonds. The van der Waals surface area contributed by atoms with Crippen molar-refractivity contribution in [2.75, 3.05) is 37.0 Å². The summed E-state index contributed by atoms with van der Waals surface area (Å²) >= 11 is 5.32. The summed E-state index contributed by atoms with van der Waals surface area (Å²) in [5.41, 5.74) is 0.532. The highest BCUT2D eigenvalue weighted by Gasteiger charge is 2.23. The number of imide groups is 1. The lowest BCUT2D eigenvalue weighted by Crippen LogP contribution is -2.53. The third-order valence-electron chi connectivity index (χ3n) is 3.13. The molecule has 0 spiro atoms. The van der Waals surface area contributed by atoms with Crippen LogP contribution >= 0.6 is 11.6 Å². The number of hydrogen-bond donors (Lipinski definition) is 1. The first-order valence-electron chi connectivity index (χ1n) is 6.26. The smallest absolute Gasteiger partial charge is 0.324 e. The van der Waals surface area contributed by atoms with E-state index in [2.05, 4.69) is 5.32 Å². The number of amides is 3. The number of para-hydroxylation sites is 1. The van der Waals surface area contributed by atoms with Gasteiger partial charge in [-0.25, -0.2) is 9.18 Å². The number of urea groups is 1. The average molecular weight is 300 g/mol. The Labute approximate surface area is 121 Å². The summed E-state index contributed by atoms with van der Waals surface area (Å²) in [6.07, 6.45) is 0. The molecular formula is C13H15ClFN3O2. The van der Waals surface area contributed by atoms with E-state index in [1.54, 1.807) is 18.2 Å². The topological polar surface area (TPSA) is 52.7 Å². The van der Waals surface area contributed by atoms with Gasteiger partial charge < -0.3 is 9.80 Å². The second-order valence-electron chi connectivity index (χ2n) is 4.41. The molecule has 0 bridgehead atoms. The standard InChI is InChI=1S/C13H15ClFN3O2/c14-9-12(19)16-13(20)18-7-5-17(6-8-18)11-4-2-1-3-10(11)15/h1-4H,5-9H2,(H,16,19,20). The van der Waals surface area contributed by atoms with Crippen molar-refractivity contribution in [2.24, 2.45) is 0 Å². The van der Waals surface area contributed by atoms with Gasteiger partial charge >= 0.3 is 6.03 Å². The van der Waals surface area contributed by atoms with E-state index in [-0.39, 0.29) is 11.7 Å². The number of benzene rings is 1. The molecule has 0 aromatic heterocycles. The van der Waals surface area contributed by atoms with E-state index < -0.39 is 11.9 Å². The molecule has 1 aromatic rings. The zero-order valence-electron chi connectivity index (χ0n) is 10.8. The highest BCUT2D eigenvalue weighted by atomic mass is 35.5. The second-order valence-corrected chi connectivity index (χ2v) is 4.68. The Hall–Kier alpha value is -1.82. The van der Waals surface area contributed by atoms with Crippen LogP contribution in [-0.2, 0) is 4.79 Å². The number of nitrogens with zero attached hydrogens (tertiary/aromatic N) is 2. The molecule has 1 aromatic carbocycles. The quantitative estimate of drug-likeness (QED) is 0.841. The first kappa shape index (κ1) is 14.6. The van der Waals surface area contributed by atoms with Crippen molar-refractivity contribution in [1.82, 2.24) is 10.2 Å². The molecule has 1 heterocycles. The third kappa shape index (κ3) is 3.39. The van der Waals surface area contributed by atoms with E-state index in [1.165, 1.54) is 11.0 Å². The minimum atomic E-state index is -0.520. The molecule has 0 unspecified atom stereocenters. The molecule has 0 atom stereocenters. The lowest BCUT2D eigenvalue weighted by molar-refractivity contribution is -0.117. The number of nitrogens with one attached hydrogen (secondary N) is 1. The first-order chi connectivity index (χ1) is 9.61. The summed E-state index contributed by atoms with van der Waals surface area (Å²) in [5.74, 6) is -1.04. The molecule has 1 saturated heterocycles. The average Bonchev–Trinajstić information content (AvgIpc) is 2.47. The van der Waals surface area contributed by atoms with Crippen molar-refractivity contribution in [3.63, 3.8) is 0 Å². The van der Waals surface area contributed by atoms with Gasteiger partial charge in [-0.3, -0.25) is 10.1 Å². The lowest BCUT2D eigenvalue weighted by Gasteiger charge is -2.35. The van der Waals surface area contributed by atoms with E-state index in [9.17, 15) is 14.0 Å². The fourth-order valence-electron chi connectivity index (χ4n) is 2.09. The first-order valence-corrected chi connectivity index (χ1v) is 6.79. The number of carbonyl (C=O) groups excluding carboxylic acids is 2. The molecular weight excluding hydrogens is 285 g/mol. The molecule has 1 N–H and O–H groups in total. The fraction of sp³-hybridized carbons (Fsp3) is 0.385. The van der Waals surface area contributed by atoms with Gasteiger partial charge in [0.25, 0.3) is 0 Å². The predicted molar refractivity (Wildman–Crippen MR) is 74.4 cm³/mol. The van der Waals surface area contributed by atoms with Gasteiger partial charge in [-0.1, -0.05) is 12.1 Å². The maximum Gasteiger partial charge on any atom is 0.324 e. The van der Waals surface area contributed by atoms with Crippen LogP contribution in [0.3, 0.4) is 0 Å². The van der Waals surface area contributed by atoms with Crippen LogP contribution in [0.2, 0.25) is 0 Å². The summed E-state index contributed by atoms with van der Waals surface area (Å²) < 4.78 is 13.7. The molecule has 20 heavy (non-hydrogen) atoms. The van der Waals surface area contributed by atoms with Gasteiger partial charge in [-0.05, 0) is 12.1 Å². The lowest BCUT2D eigenvalue weighted by atomic mass is 10.2. The van der Waals surface area contributed by atoms with Crippen LogP contribution in [0.5, 0.6) is 0 Å². The Morgan fingerprint density at radius 1 is 1.20 bits per heavy atom. The van der Waals surface area contributed by atoms with Crippen molar-refractivity contribution >= 4 is 29.2 Å². The molecule has 1 aliphatic heterocycles. The van der Waals surface area contributed by atoms with Crippen molar-refractivity contribution in [1.29, 1.82) is 0 Å². The minimum Gasteiger partial charge on any atom is -0.366 e. The van der Waals surface area contributed by atoms with Crippen molar-refractivity contribution < 1.29 is 14.0 Å². The van der Waals surface area contributed by atoms with Gasteiger partial charge in [0.1, 0.15) is 11.7 Å². The number of hydrogen-bond acceptors (Lipinski definition) is 3. The van der Waals surface area contributed by atoms with Crippen molar-refractivity contribution in [2.45, 2.75) is 0 Å². The summed E-state index contributed by atoms with van der Waals surface area (Å²) in [5, 5.41) is 2.19. The number of carbonyl (C=O) groups is 2. The van der Waals surface area contributed by atoms with E-state index in [0.29, 0.717) is 31.9 Å². The Bertz CT molecular complexity index is 504. The number of rotatable bonds is 2. The van der Waals surface area contributed by atoms with Gasteiger partial charge in [-0.2, -0.15) is 0 Å². The molecule has 108 valence electrons. The maximum absolute atomic E-state index is 13.7. The van der Waals surface area contributed by atoms with Gasteiger partial charge in [0.05, 0.1) is 5.69 Å². The molecule has 1 fully saturated rings. The van der Waals surface area contributed by atoms with E-state index in [1.807, 2.05) is 4.90 Å². The van der Waals surface area contributed by atoms with Gasteiger partial charge in [-0.15, -0.1) is 11.6 Å². The van der Waals surface area contributed by atoms with Crippen molar-refractivity contribution in [3.8, 4) is 0 Å². The monoisotopic (exact) mass is 299 g/mol. The third-order valence-corrected chi connectivity index (χ3v) is 3.37. The zero-order chi connectivity index (χ0) is 14.5. The maximum atomic E-state index is 13.7. The zero-order valence-corrected chi connectivity index (χ0v) is 11.6.